The van der Waals surface area contributed by atoms with Gasteiger partial charge in [0.1, 0.15) is 6.10 Å². The van der Waals surface area contributed by atoms with Crippen LogP contribution < -0.4 is 16.0 Å². The van der Waals surface area contributed by atoms with E-state index in [0.717, 1.165) is 25.7 Å². The molecule has 1 aromatic rings. The second-order valence-electron chi connectivity index (χ2n) is 8.34. The predicted molar refractivity (Wildman–Crippen MR) is 129 cm³/mol. The zero-order chi connectivity index (χ0) is 29.3. The number of fused-ring (bicyclic) bond motifs is 2. The Morgan fingerprint density at radius 2 is 1.23 bits per heavy atom. The molecule has 2 aliphatic carbocycles. The van der Waals surface area contributed by atoms with Crippen molar-refractivity contribution in [1.82, 2.24) is 10.6 Å². The van der Waals surface area contributed by atoms with E-state index in [1.807, 2.05) is 0 Å². The molecule has 1 aromatic carbocycles. The number of hydrogen-bond donors (Lipinski definition) is 5. The van der Waals surface area contributed by atoms with E-state index in [2.05, 4.69) is 5.32 Å². The Morgan fingerprint density at radius 3 is 1.65 bits per heavy atom. The van der Waals surface area contributed by atoms with Crippen LogP contribution in [-0.4, -0.2) is 87.4 Å². The molecule has 3 unspecified atom stereocenters. The van der Waals surface area contributed by atoms with Crippen LogP contribution in [0.3, 0.4) is 0 Å². The molecule has 2 heterocycles. The summed E-state index contributed by atoms with van der Waals surface area (Å²) >= 11 is 0. The number of aldehydes is 1. The molecule has 3 fully saturated rings. The largest absolute Gasteiger partial charge is 0.412 e. The third kappa shape index (κ3) is 8.10. The molecule has 40 heavy (non-hydrogen) atoms. The minimum Gasteiger partial charge on any atom is -0.412 e. The average Bonchev–Trinajstić information content (AvgIpc) is 3.35. The number of hydrogen-bond acceptors (Lipinski definition) is 12. The van der Waals surface area contributed by atoms with E-state index in [1.165, 1.54) is 0 Å². The first-order valence-corrected chi connectivity index (χ1v) is 11.4. The molecule has 7 N–H and O–H groups in total. The maximum absolute atomic E-state index is 11.2. The Hall–Kier alpha value is -4.80. The summed E-state index contributed by atoms with van der Waals surface area (Å²) in [6.07, 6.45) is 2.52. The van der Waals surface area contributed by atoms with Crippen LogP contribution in [-0.2, 0) is 38.4 Å². The number of urea groups is 1. The summed E-state index contributed by atoms with van der Waals surface area (Å²) in [5.41, 5.74) is 1.08. The molecular weight excluding hydrogens is 538 g/mol. The number of barbiturate groups is 1. The quantitative estimate of drug-likeness (QED) is 0.177. The van der Waals surface area contributed by atoms with Crippen molar-refractivity contribution in [2.45, 2.75) is 31.8 Å². The third-order valence-electron chi connectivity index (χ3n) is 5.72. The molecule has 16 nitrogen and oxygen atoms in total. The van der Waals surface area contributed by atoms with Gasteiger partial charge in [0, 0.05) is 11.8 Å². The molecule has 3 atom stereocenters. The third-order valence-corrected chi connectivity index (χ3v) is 5.72. The van der Waals surface area contributed by atoms with Gasteiger partial charge in [0.05, 0.1) is 17.9 Å². The summed E-state index contributed by atoms with van der Waals surface area (Å²) in [6.45, 7) is -0.483. The lowest BCUT2D eigenvalue weighted by Crippen LogP contribution is -2.56. The summed E-state index contributed by atoms with van der Waals surface area (Å²) < 4.78 is 0. The van der Waals surface area contributed by atoms with Gasteiger partial charge in [-0.1, -0.05) is 25.0 Å². The average molecular weight is 563 g/mol. The maximum Gasteiger partial charge on any atom is 0.328 e. The Morgan fingerprint density at radius 1 is 0.750 bits per heavy atom. The normalized spacial score (nSPS) is 21.3. The molecule has 4 aliphatic rings. The van der Waals surface area contributed by atoms with E-state index >= 15 is 0 Å². The molecule has 16 heteroatoms. The van der Waals surface area contributed by atoms with E-state index in [0.29, 0.717) is 11.3 Å². The first-order valence-electron chi connectivity index (χ1n) is 11.4. The number of nitrogens with one attached hydrogen (secondary N) is 3. The highest BCUT2D eigenvalue weighted by molar-refractivity contribution is 6.68. The van der Waals surface area contributed by atoms with E-state index in [9.17, 15) is 47.9 Å². The van der Waals surface area contributed by atoms with Crippen LogP contribution in [0.5, 0.6) is 0 Å². The van der Waals surface area contributed by atoms with Crippen molar-refractivity contribution < 1.29 is 63.6 Å². The van der Waals surface area contributed by atoms with Crippen LogP contribution in [0.1, 0.15) is 36.0 Å². The van der Waals surface area contributed by atoms with Gasteiger partial charge in [-0.3, -0.25) is 49.0 Å². The molecule has 5 amide bonds. The van der Waals surface area contributed by atoms with Crippen LogP contribution in [0.4, 0.5) is 10.5 Å². The number of aliphatic hydroxyl groups is 2. The molecule has 5 rings (SSSR count). The van der Waals surface area contributed by atoms with Crippen molar-refractivity contribution in [3.63, 3.8) is 0 Å². The van der Waals surface area contributed by atoms with Crippen molar-refractivity contribution in [2.75, 3.05) is 11.9 Å². The monoisotopic (exact) mass is 563 g/mol. The number of amides is 5. The number of ketones is 5. The second kappa shape index (κ2) is 15.0. The number of aliphatic hydroxyl groups excluding tert-OH is 2. The van der Waals surface area contributed by atoms with Crippen LogP contribution in [0, 0.1) is 11.8 Å². The molecule has 0 bridgehead atoms. The maximum atomic E-state index is 11.2. The first-order chi connectivity index (χ1) is 18.4. The van der Waals surface area contributed by atoms with Crippen molar-refractivity contribution in [3.8, 4) is 0 Å². The van der Waals surface area contributed by atoms with E-state index < -0.39 is 65.4 Å². The molecule has 214 valence electrons. The lowest BCUT2D eigenvalue weighted by Gasteiger charge is -2.20. The number of benzene rings is 1. The summed E-state index contributed by atoms with van der Waals surface area (Å²) in [7, 11) is 0. The summed E-state index contributed by atoms with van der Waals surface area (Å²) in [6, 6.07) is 5.89. The summed E-state index contributed by atoms with van der Waals surface area (Å²) in [5, 5.41) is 21.6. The lowest BCUT2D eigenvalue weighted by molar-refractivity contribution is -0.146. The van der Waals surface area contributed by atoms with Gasteiger partial charge in [-0.2, -0.15) is 0 Å². The van der Waals surface area contributed by atoms with Gasteiger partial charge >= 0.3 is 23.6 Å². The summed E-state index contributed by atoms with van der Waals surface area (Å²) in [5.74, 6) is -6.70. The van der Waals surface area contributed by atoms with Crippen molar-refractivity contribution in [3.05, 3.63) is 29.8 Å². The number of carbonyl (C=O) groups is 10. The van der Waals surface area contributed by atoms with Gasteiger partial charge in [-0.05, 0) is 25.0 Å². The van der Waals surface area contributed by atoms with Crippen LogP contribution in [0.25, 0.3) is 0 Å². The molecule has 2 aliphatic heterocycles. The number of Topliss-reactive ketones (excluding diaryl/α,β-unsaturated/α-hetero) is 5. The van der Waals surface area contributed by atoms with E-state index in [-0.39, 0.29) is 23.6 Å². The highest BCUT2D eigenvalue weighted by atomic mass is 16.3. The number of carbonyl (C=O) groups excluding carboxylic acids is 10. The van der Waals surface area contributed by atoms with Crippen LogP contribution >= 0.6 is 0 Å². The van der Waals surface area contributed by atoms with Gasteiger partial charge in [0.15, 0.2) is 6.29 Å². The Kier molecular flexibility index (Phi) is 12.4. The molecule has 0 radical (unpaired) electrons. The van der Waals surface area contributed by atoms with Crippen molar-refractivity contribution >= 4 is 64.6 Å². The Labute approximate surface area is 224 Å². The number of imide groups is 2. The Bertz CT molecular complexity index is 1210. The topological polar surface area (TPSA) is 279 Å². The zero-order valence-electron chi connectivity index (χ0n) is 20.6. The van der Waals surface area contributed by atoms with Gasteiger partial charge < -0.3 is 25.8 Å². The molecule has 1 saturated heterocycles. The lowest BCUT2D eigenvalue weighted by atomic mass is 9.81. The van der Waals surface area contributed by atoms with Gasteiger partial charge in [0.2, 0.25) is 11.6 Å². The zero-order valence-corrected chi connectivity index (χ0v) is 20.6. The number of anilines is 1. The smallest absolute Gasteiger partial charge is 0.328 e. The minimum absolute atomic E-state index is 0. The number of para-hydroxylation sites is 1. The van der Waals surface area contributed by atoms with Gasteiger partial charge in [0.25, 0.3) is 17.5 Å². The van der Waals surface area contributed by atoms with Crippen molar-refractivity contribution in [1.29, 1.82) is 0 Å². The molecule has 0 aromatic heterocycles. The minimum atomic E-state index is -1.25. The van der Waals surface area contributed by atoms with E-state index in [4.69, 9.17) is 10.2 Å². The van der Waals surface area contributed by atoms with E-state index in [1.54, 1.807) is 34.9 Å². The van der Waals surface area contributed by atoms with Crippen LogP contribution in [0.15, 0.2) is 24.3 Å². The molecular formula is C24H25N3O13. The second-order valence-corrected chi connectivity index (χ2v) is 8.34. The summed E-state index contributed by atoms with van der Waals surface area (Å²) in [4.78, 5) is 105. The van der Waals surface area contributed by atoms with Gasteiger partial charge in [-0.15, -0.1) is 0 Å². The highest BCUT2D eigenvalue weighted by Gasteiger charge is 2.48. The highest BCUT2D eigenvalue weighted by Crippen LogP contribution is 2.36. The first kappa shape index (κ1) is 33.2. The van der Waals surface area contributed by atoms with Crippen molar-refractivity contribution in [2.24, 2.45) is 11.8 Å². The molecule has 2 saturated carbocycles. The standard InChI is InChI=1S/C9H10O3.C8H5NO2.C4H2N2O4.C3H6O3.H2O/c10-7-5-3-1-2-4-6(5)8(11)9(7)12;10-7-5-3-1-2-4-6(5)9-8(7)11;7-1-2(8)5-4(10)6-3(1)9;4-1-3(6)2-5;/h5-6H,1-4H2;1-4H,(H,9,10,11);(H2,5,6,8,9,10);1,3,5-6H,2H2;1H2. The fourth-order valence-electron chi connectivity index (χ4n) is 3.81. The predicted octanol–water partition coefficient (Wildman–Crippen LogP) is -3.03. The Balaban J connectivity index is 0.000000272. The molecule has 0 spiro atoms. The fraction of sp³-hybridized carbons (Fsp3) is 0.333. The van der Waals surface area contributed by atoms with Gasteiger partial charge in [-0.25, -0.2) is 4.79 Å². The van der Waals surface area contributed by atoms with Crippen LogP contribution in [0.2, 0.25) is 0 Å². The fourth-order valence-corrected chi connectivity index (χ4v) is 3.81. The number of rotatable bonds is 2. The SMILES string of the molecule is O.O=C1C(=O)C2CCCCC2C1=O.O=C1NC(=O)C(=O)C(=O)N1.O=C1Nc2ccccc2C1=O.O=CC(O)CO.